The van der Waals surface area contributed by atoms with Crippen LogP contribution in [-0.4, -0.2) is 18.0 Å². The van der Waals surface area contributed by atoms with Crippen LogP contribution in [0.4, 0.5) is 11.4 Å². The molecule has 0 spiro atoms. The average molecular weight is 302 g/mol. The van der Waals surface area contributed by atoms with Crippen molar-refractivity contribution in [2.45, 2.75) is 6.42 Å². The quantitative estimate of drug-likeness (QED) is 0.678. The molecule has 0 saturated carbocycles. The van der Waals surface area contributed by atoms with Gasteiger partial charge in [-0.25, -0.2) is 4.79 Å². The number of allylic oxidation sites excluding steroid dienone is 1. The summed E-state index contributed by atoms with van der Waals surface area (Å²) in [5.41, 5.74) is 4.52. The first-order chi connectivity index (χ1) is 11.3. The number of rotatable bonds is 2. The second-order valence-electron chi connectivity index (χ2n) is 5.40. The maximum absolute atomic E-state index is 11.5. The predicted molar refractivity (Wildman–Crippen MR) is 89.8 cm³/mol. The highest BCUT2D eigenvalue weighted by atomic mass is 16.5. The predicted octanol–water partition coefficient (Wildman–Crippen LogP) is 3.65. The van der Waals surface area contributed by atoms with Crippen molar-refractivity contribution >= 4 is 28.2 Å². The Hall–Kier alpha value is -3.10. The van der Waals surface area contributed by atoms with Crippen LogP contribution in [0.2, 0.25) is 0 Å². The number of fused-ring (bicyclic) bond motifs is 2. The standard InChI is InChI=1S/C19H14N2O2/c1-23-15-6-7-17-16(11-15)19(8-9-20-17)21-14(12-22)10-13-4-2-3-5-18(13)21/h2-9,11H,10H2,1H3. The first kappa shape index (κ1) is 13.6. The highest BCUT2D eigenvalue weighted by Crippen LogP contribution is 2.42. The van der Waals surface area contributed by atoms with Crippen molar-refractivity contribution in [1.82, 2.24) is 4.98 Å². The normalized spacial score (nSPS) is 13.1. The second kappa shape index (κ2) is 5.27. The van der Waals surface area contributed by atoms with Crippen molar-refractivity contribution in [3.05, 3.63) is 66.0 Å². The minimum Gasteiger partial charge on any atom is -0.497 e. The molecule has 1 aliphatic heterocycles. The van der Waals surface area contributed by atoms with E-state index in [4.69, 9.17) is 4.74 Å². The van der Waals surface area contributed by atoms with Gasteiger partial charge in [-0.2, -0.15) is 0 Å². The third-order valence-corrected chi connectivity index (χ3v) is 4.14. The first-order valence-electron chi connectivity index (χ1n) is 7.36. The van der Waals surface area contributed by atoms with Crippen molar-refractivity contribution in [3.63, 3.8) is 0 Å². The number of carbonyl (C=O) groups excluding carboxylic acids is 1. The Kier molecular flexibility index (Phi) is 3.11. The van der Waals surface area contributed by atoms with E-state index in [1.165, 1.54) is 0 Å². The summed E-state index contributed by atoms with van der Waals surface area (Å²) in [6.07, 6.45) is 2.35. The molecule has 4 heteroatoms. The average Bonchev–Trinajstić information content (AvgIpc) is 2.99. The van der Waals surface area contributed by atoms with Crippen molar-refractivity contribution in [2.75, 3.05) is 12.0 Å². The Balaban J connectivity index is 2.00. The van der Waals surface area contributed by atoms with E-state index < -0.39 is 0 Å². The topological polar surface area (TPSA) is 42.4 Å². The van der Waals surface area contributed by atoms with E-state index in [1.807, 2.05) is 53.4 Å². The molecule has 0 aliphatic carbocycles. The summed E-state index contributed by atoms with van der Waals surface area (Å²) in [7, 11) is 1.64. The van der Waals surface area contributed by atoms with Crippen molar-refractivity contribution in [3.8, 4) is 5.75 Å². The van der Waals surface area contributed by atoms with Crippen molar-refractivity contribution < 1.29 is 9.53 Å². The van der Waals surface area contributed by atoms with E-state index in [2.05, 4.69) is 10.9 Å². The van der Waals surface area contributed by atoms with Crippen LogP contribution in [0.3, 0.4) is 0 Å². The molecule has 3 aromatic rings. The third kappa shape index (κ3) is 2.08. The number of nitrogens with zero attached hydrogens (tertiary/aromatic N) is 2. The van der Waals surface area contributed by atoms with Crippen LogP contribution in [0, 0.1) is 0 Å². The zero-order chi connectivity index (χ0) is 15.8. The number of benzene rings is 2. The fourth-order valence-electron chi connectivity index (χ4n) is 3.07. The molecule has 0 radical (unpaired) electrons. The van der Waals surface area contributed by atoms with E-state index >= 15 is 0 Å². The van der Waals surface area contributed by atoms with Gasteiger partial charge in [0, 0.05) is 18.0 Å². The zero-order valence-electron chi connectivity index (χ0n) is 12.6. The van der Waals surface area contributed by atoms with Gasteiger partial charge in [0.15, 0.2) is 0 Å². The van der Waals surface area contributed by atoms with Crippen LogP contribution < -0.4 is 9.64 Å². The monoisotopic (exact) mass is 302 g/mol. The van der Waals surface area contributed by atoms with Gasteiger partial charge in [-0.05, 0) is 35.9 Å². The summed E-state index contributed by atoms with van der Waals surface area (Å²) in [5.74, 6) is 2.85. The van der Waals surface area contributed by atoms with Crippen molar-refractivity contribution in [2.24, 2.45) is 0 Å². The lowest BCUT2D eigenvalue weighted by Crippen LogP contribution is -2.12. The summed E-state index contributed by atoms with van der Waals surface area (Å²) in [6, 6.07) is 15.7. The molecule has 0 unspecified atom stereocenters. The lowest BCUT2D eigenvalue weighted by molar-refractivity contribution is 0.415. The van der Waals surface area contributed by atoms with Gasteiger partial charge >= 0.3 is 0 Å². The van der Waals surface area contributed by atoms with Gasteiger partial charge in [0.1, 0.15) is 17.4 Å². The van der Waals surface area contributed by atoms with Gasteiger partial charge in [-0.1, -0.05) is 18.2 Å². The molecule has 2 heterocycles. The molecular formula is C19H14N2O2. The maximum atomic E-state index is 11.5. The number of anilines is 2. The third-order valence-electron chi connectivity index (χ3n) is 4.14. The minimum atomic E-state index is 0.591. The number of methoxy groups -OCH3 is 1. The highest BCUT2D eigenvalue weighted by molar-refractivity contribution is 5.98. The number of hydrogen-bond donors (Lipinski definition) is 0. The molecule has 0 N–H and O–H groups in total. The molecular weight excluding hydrogens is 288 g/mol. The van der Waals surface area contributed by atoms with Crippen molar-refractivity contribution in [1.29, 1.82) is 0 Å². The molecule has 0 bridgehead atoms. The molecule has 1 aliphatic rings. The number of pyridine rings is 1. The highest BCUT2D eigenvalue weighted by Gasteiger charge is 2.27. The van der Waals surface area contributed by atoms with Gasteiger partial charge < -0.3 is 9.64 Å². The Morgan fingerprint density at radius 2 is 2.00 bits per heavy atom. The smallest absolute Gasteiger partial charge is 0.146 e. The number of aromatic nitrogens is 1. The number of para-hydroxylation sites is 1. The van der Waals surface area contributed by atoms with Gasteiger partial charge in [-0.15, -0.1) is 0 Å². The molecule has 1 aromatic heterocycles. The van der Waals surface area contributed by atoms with Crippen LogP contribution in [0.5, 0.6) is 5.75 Å². The molecule has 0 fully saturated rings. The van der Waals surface area contributed by atoms with Crippen LogP contribution >= 0.6 is 0 Å². The number of hydrogen-bond acceptors (Lipinski definition) is 4. The Bertz CT molecular complexity index is 958. The summed E-state index contributed by atoms with van der Waals surface area (Å²) in [4.78, 5) is 17.8. The fraction of sp³-hybridized carbons (Fsp3) is 0.105. The van der Waals surface area contributed by atoms with E-state index in [0.29, 0.717) is 12.1 Å². The summed E-state index contributed by atoms with van der Waals surface area (Å²) < 4.78 is 5.33. The summed E-state index contributed by atoms with van der Waals surface area (Å²) >= 11 is 0. The minimum absolute atomic E-state index is 0.591. The van der Waals surface area contributed by atoms with Gasteiger partial charge in [0.2, 0.25) is 0 Å². The fourth-order valence-corrected chi connectivity index (χ4v) is 3.07. The second-order valence-corrected chi connectivity index (χ2v) is 5.40. The lowest BCUT2D eigenvalue weighted by atomic mass is 10.1. The first-order valence-corrected chi connectivity index (χ1v) is 7.36. The molecule has 0 saturated heterocycles. The van der Waals surface area contributed by atoms with E-state index in [9.17, 15) is 4.79 Å². The molecule has 0 amide bonds. The van der Waals surface area contributed by atoms with Crippen LogP contribution in [-0.2, 0) is 11.2 Å². The zero-order valence-corrected chi connectivity index (χ0v) is 12.6. The van der Waals surface area contributed by atoms with E-state index in [1.54, 1.807) is 13.3 Å². The molecule has 23 heavy (non-hydrogen) atoms. The van der Waals surface area contributed by atoms with E-state index in [0.717, 1.165) is 33.6 Å². The molecule has 112 valence electrons. The van der Waals surface area contributed by atoms with Gasteiger partial charge in [0.25, 0.3) is 0 Å². The Morgan fingerprint density at radius 3 is 2.83 bits per heavy atom. The lowest BCUT2D eigenvalue weighted by Gasteiger charge is -2.21. The number of ether oxygens (including phenoxy) is 1. The maximum Gasteiger partial charge on any atom is 0.146 e. The summed E-state index contributed by atoms with van der Waals surface area (Å²) in [6.45, 7) is 0. The SMILES string of the molecule is COc1ccc2nccc(N3C(=C=O)Cc4ccccc43)c2c1. The Morgan fingerprint density at radius 1 is 1.13 bits per heavy atom. The molecule has 4 rings (SSSR count). The molecule has 4 nitrogen and oxygen atoms in total. The molecule has 2 aromatic carbocycles. The van der Waals surface area contributed by atoms with Crippen LogP contribution in [0.1, 0.15) is 5.56 Å². The largest absolute Gasteiger partial charge is 0.497 e. The van der Waals surface area contributed by atoms with Crippen LogP contribution in [0.25, 0.3) is 10.9 Å². The summed E-state index contributed by atoms with van der Waals surface area (Å²) in [5, 5.41) is 0.941. The van der Waals surface area contributed by atoms with Gasteiger partial charge in [-0.3, -0.25) is 4.98 Å². The van der Waals surface area contributed by atoms with E-state index in [-0.39, 0.29) is 0 Å². The van der Waals surface area contributed by atoms with Crippen LogP contribution in [0.15, 0.2) is 60.4 Å². The van der Waals surface area contributed by atoms with Gasteiger partial charge in [0.05, 0.1) is 24.0 Å². The molecule has 0 atom stereocenters. The Labute approximate surface area is 133 Å².